The summed E-state index contributed by atoms with van der Waals surface area (Å²) in [6.45, 7) is -1.33. The Morgan fingerprint density at radius 2 is 1.36 bits per heavy atom. The van der Waals surface area contributed by atoms with Gasteiger partial charge in [-0.1, -0.05) is 0 Å². The number of rotatable bonds is 21. The smallest absolute Gasteiger partial charge is 0.320 e. The Kier molecular flexibility index (Phi) is 16.5. The van der Waals surface area contributed by atoms with Gasteiger partial charge in [-0.15, -0.1) is 11.8 Å². The molecule has 19 nitrogen and oxygen atoms in total. The molecule has 0 radical (unpaired) electrons. The molecule has 3 atom stereocenters. The first kappa shape index (κ1) is 41.7. The van der Waals surface area contributed by atoms with Crippen LogP contribution in [-0.2, 0) is 38.4 Å². The van der Waals surface area contributed by atoms with E-state index in [4.69, 9.17) is 15.9 Å². The molecule has 1 aliphatic rings. The molecule has 20 heteroatoms. The molecule has 0 spiro atoms. The zero-order chi connectivity index (χ0) is 38.9. The number of aliphatic hydroxyl groups excluding tert-OH is 1. The summed E-state index contributed by atoms with van der Waals surface area (Å²) in [4.78, 5) is 96.4. The van der Waals surface area contributed by atoms with Crippen LogP contribution in [0.4, 0.5) is 22.7 Å². The third-order valence-electron chi connectivity index (χ3n) is 7.55. The Hall–Kier alpha value is -5.73. The number of hydrogen-bond acceptors (Lipinski definition) is 13. The van der Waals surface area contributed by atoms with Crippen LogP contribution in [0.25, 0.3) is 0 Å². The van der Waals surface area contributed by atoms with Gasteiger partial charge in [0.1, 0.15) is 12.6 Å². The molecule has 2 aromatic rings. The van der Waals surface area contributed by atoms with Gasteiger partial charge >= 0.3 is 11.9 Å². The second kappa shape index (κ2) is 21.0. The fourth-order valence-electron chi connectivity index (χ4n) is 4.80. The van der Waals surface area contributed by atoms with E-state index in [1.165, 1.54) is 11.8 Å². The summed E-state index contributed by atoms with van der Waals surface area (Å²) in [7, 11) is 0. The van der Waals surface area contributed by atoms with Crippen LogP contribution < -0.4 is 27.0 Å². The molecule has 1 saturated heterocycles. The van der Waals surface area contributed by atoms with Gasteiger partial charge in [-0.3, -0.25) is 43.3 Å². The summed E-state index contributed by atoms with van der Waals surface area (Å²) in [5.41, 5.74) is 7.15. The number of amides is 6. The Bertz CT molecular complexity index is 1690. The van der Waals surface area contributed by atoms with Crippen molar-refractivity contribution in [1.29, 1.82) is 0 Å². The number of carboxylic acids is 2. The van der Waals surface area contributed by atoms with Gasteiger partial charge in [-0.25, -0.2) is 0 Å². The monoisotopic (exact) mass is 756 g/mol. The first-order valence-corrected chi connectivity index (χ1v) is 17.3. The van der Waals surface area contributed by atoms with E-state index in [0.717, 1.165) is 4.90 Å². The van der Waals surface area contributed by atoms with Gasteiger partial charge in [0.15, 0.2) is 0 Å². The number of carbonyl (C=O) groups excluding carboxylic acids is 6. The van der Waals surface area contributed by atoms with Crippen LogP contribution in [0.2, 0.25) is 0 Å². The van der Waals surface area contributed by atoms with Crippen LogP contribution in [-0.4, -0.2) is 111 Å². The third-order valence-corrected chi connectivity index (χ3v) is 8.74. The second-order valence-electron chi connectivity index (χ2n) is 11.7. The SMILES string of the molecule is NC(CC(CCCC(=O)NCC(=O)NCC(=O)Nc1ccc(N=Nc2ccc(NC(=O)CN3C(=O)CC(SCCO)C3=O)cc2)cc1)C(=O)O)C(=O)O. The highest BCUT2D eigenvalue weighted by Crippen LogP contribution is 2.25. The predicted molar refractivity (Wildman–Crippen MR) is 190 cm³/mol. The number of nitrogens with two attached hydrogens (primary N) is 1. The van der Waals surface area contributed by atoms with Crippen LogP contribution in [0.1, 0.15) is 32.1 Å². The number of carboxylic acid groups (broad SMARTS) is 2. The summed E-state index contributed by atoms with van der Waals surface area (Å²) >= 11 is 1.17. The average molecular weight is 757 g/mol. The Labute approximate surface area is 307 Å². The molecule has 0 saturated carbocycles. The largest absolute Gasteiger partial charge is 0.481 e. The lowest BCUT2D eigenvalue weighted by Crippen LogP contribution is -2.40. The topological polar surface area (TPSA) is 299 Å². The molecular formula is C33H40N8O11S. The van der Waals surface area contributed by atoms with Crippen molar-refractivity contribution >= 4 is 81.9 Å². The van der Waals surface area contributed by atoms with Crippen molar-refractivity contribution in [2.75, 3.05) is 42.6 Å². The van der Waals surface area contributed by atoms with Crippen LogP contribution >= 0.6 is 11.8 Å². The minimum absolute atomic E-state index is 0.0131. The number of benzene rings is 2. The zero-order valence-electron chi connectivity index (χ0n) is 28.4. The van der Waals surface area contributed by atoms with Crippen molar-refractivity contribution in [3.63, 3.8) is 0 Å². The van der Waals surface area contributed by atoms with Crippen molar-refractivity contribution in [3.05, 3.63) is 48.5 Å². The number of hydrogen-bond donors (Lipinski definition) is 8. The molecule has 2 aromatic carbocycles. The van der Waals surface area contributed by atoms with Crippen molar-refractivity contribution in [3.8, 4) is 0 Å². The molecule has 9 N–H and O–H groups in total. The normalized spacial score (nSPS) is 15.1. The molecule has 6 amide bonds. The van der Waals surface area contributed by atoms with E-state index in [1.54, 1.807) is 48.5 Å². The first-order valence-electron chi connectivity index (χ1n) is 16.3. The van der Waals surface area contributed by atoms with Crippen LogP contribution in [0.5, 0.6) is 0 Å². The van der Waals surface area contributed by atoms with Gasteiger partial charge in [-0.05, 0) is 67.8 Å². The highest BCUT2D eigenvalue weighted by Gasteiger charge is 2.39. The molecule has 3 rings (SSSR count). The summed E-state index contributed by atoms with van der Waals surface area (Å²) in [5, 5.41) is 44.6. The van der Waals surface area contributed by atoms with E-state index >= 15 is 0 Å². The van der Waals surface area contributed by atoms with E-state index in [2.05, 4.69) is 31.5 Å². The van der Waals surface area contributed by atoms with E-state index in [1.807, 2.05) is 0 Å². The van der Waals surface area contributed by atoms with Gasteiger partial charge in [0.25, 0.3) is 0 Å². The van der Waals surface area contributed by atoms with Gasteiger partial charge in [0.05, 0.1) is 42.2 Å². The maximum Gasteiger partial charge on any atom is 0.320 e. The van der Waals surface area contributed by atoms with Gasteiger partial charge in [-0.2, -0.15) is 10.2 Å². The number of likely N-dealkylation sites (tertiary alicyclic amines) is 1. The molecule has 1 fully saturated rings. The molecule has 1 heterocycles. The number of azo groups is 1. The minimum Gasteiger partial charge on any atom is -0.481 e. The third kappa shape index (κ3) is 14.4. The van der Waals surface area contributed by atoms with Crippen molar-refractivity contribution < 1.29 is 53.7 Å². The number of aliphatic carboxylic acids is 2. The van der Waals surface area contributed by atoms with Crippen molar-refractivity contribution in [2.45, 2.75) is 43.4 Å². The number of anilines is 2. The van der Waals surface area contributed by atoms with Gasteiger partial charge in [0.2, 0.25) is 35.4 Å². The molecular weight excluding hydrogens is 716 g/mol. The molecule has 0 bridgehead atoms. The quantitative estimate of drug-likeness (QED) is 0.0645. The van der Waals surface area contributed by atoms with Crippen molar-refractivity contribution in [2.24, 2.45) is 21.9 Å². The van der Waals surface area contributed by atoms with Crippen LogP contribution in [0.3, 0.4) is 0 Å². The average Bonchev–Trinajstić information content (AvgIpc) is 3.39. The van der Waals surface area contributed by atoms with Crippen LogP contribution in [0.15, 0.2) is 58.8 Å². The number of nitrogens with zero attached hydrogens (tertiary/aromatic N) is 3. The zero-order valence-corrected chi connectivity index (χ0v) is 29.2. The second-order valence-corrected chi connectivity index (χ2v) is 13.0. The summed E-state index contributed by atoms with van der Waals surface area (Å²) in [6, 6.07) is 11.3. The number of thioether (sulfide) groups is 1. The highest BCUT2D eigenvalue weighted by atomic mass is 32.2. The molecule has 53 heavy (non-hydrogen) atoms. The van der Waals surface area contributed by atoms with E-state index < -0.39 is 77.7 Å². The first-order chi connectivity index (χ1) is 25.2. The summed E-state index contributed by atoms with van der Waals surface area (Å²) in [5.74, 6) is -6.38. The number of aliphatic hydroxyl groups is 1. The minimum atomic E-state index is -1.33. The standard InChI is InChI=1S/C33H40N8O11S/c34-24(33(51)52)14-19(32(49)50)2-1-3-26(43)35-16-27(44)36-17-28(45)37-20-4-8-22(9-5-20)39-40-23-10-6-21(7-11-23)38-29(46)18-41-30(47)15-25(31(41)48)53-13-12-42/h4-11,19,24-25,42H,1-3,12-18,34H2,(H,35,43)(H,36,44)(H,37,45)(H,38,46)(H,49,50)(H,51,52). The van der Waals surface area contributed by atoms with E-state index in [0.29, 0.717) is 28.5 Å². The maximum absolute atomic E-state index is 12.4. The number of carbonyl (C=O) groups is 8. The molecule has 0 aromatic heterocycles. The van der Waals surface area contributed by atoms with E-state index in [-0.39, 0.29) is 45.3 Å². The Balaban J connectivity index is 1.34. The van der Waals surface area contributed by atoms with Crippen molar-refractivity contribution in [1.82, 2.24) is 15.5 Å². The van der Waals surface area contributed by atoms with Crippen LogP contribution in [0, 0.1) is 5.92 Å². The maximum atomic E-state index is 12.4. The highest BCUT2D eigenvalue weighted by molar-refractivity contribution is 8.00. The molecule has 284 valence electrons. The Morgan fingerprint density at radius 3 is 1.91 bits per heavy atom. The van der Waals surface area contributed by atoms with E-state index in [9.17, 15) is 43.5 Å². The predicted octanol–water partition coefficient (Wildman–Crippen LogP) is 0.738. The lowest BCUT2D eigenvalue weighted by Gasteiger charge is -2.14. The molecule has 0 aliphatic carbocycles. The Morgan fingerprint density at radius 1 is 0.811 bits per heavy atom. The fourth-order valence-corrected chi connectivity index (χ4v) is 5.72. The number of nitrogens with one attached hydrogen (secondary N) is 4. The summed E-state index contributed by atoms with van der Waals surface area (Å²) < 4.78 is 0. The summed E-state index contributed by atoms with van der Waals surface area (Å²) in [6.07, 6.45) is -0.216. The number of imide groups is 1. The lowest BCUT2D eigenvalue weighted by atomic mass is 9.94. The van der Waals surface area contributed by atoms with Gasteiger partial charge < -0.3 is 42.3 Å². The molecule has 3 unspecified atom stereocenters. The lowest BCUT2D eigenvalue weighted by molar-refractivity contribution is -0.144. The fraction of sp³-hybridized carbons (Fsp3) is 0.394. The van der Waals surface area contributed by atoms with Gasteiger partial charge in [0, 0.05) is 30.0 Å². The molecule has 1 aliphatic heterocycles.